The molecule has 0 fully saturated rings. The van der Waals surface area contributed by atoms with Gasteiger partial charge in [0, 0.05) is 22.5 Å². The summed E-state index contributed by atoms with van der Waals surface area (Å²) in [5.74, 6) is 0.654. The quantitative estimate of drug-likeness (QED) is 0.546. The van der Waals surface area contributed by atoms with Crippen LogP contribution >= 0.6 is 0 Å². The molecule has 0 saturated heterocycles. The molecule has 86 valence electrons. The number of rotatable bonds is 1. The molecule has 0 amide bonds. The summed E-state index contributed by atoms with van der Waals surface area (Å²) in [6.45, 7) is 0. The fourth-order valence-corrected chi connectivity index (χ4v) is 2.18. The number of hydrogen-bond acceptors (Lipinski definition) is 4. The largest absolute Gasteiger partial charge is 0.351 e. The molecule has 0 aliphatic heterocycles. The zero-order chi connectivity index (χ0) is 11.9. The second kappa shape index (κ2) is 3.36. The van der Waals surface area contributed by atoms with Crippen LogP contribution in [0.3, 0.4) is 0 Å². The Hall–Kier alpha value is -2.76. The number of aromatic amines is 1. The van der Waals surface area contributed by atoms with Crippen molar-refractivity contribution >= 4 is 21.8 Å². The fraction of sp³-hybridized carbons (Fsp3) is 0. The van der Waals surface area contributed by atoms with Gasteiger partial charge in [-0.1, -0.05) is 18.2 Å². The number of tetrazole rings is 1. The Labute approximate surface area is 101 Å². The van der Waals surface area contributed by atoms with Crippen LogP contribution in [0.25, 0.3) is 27.6 Å². The Bertz CT molecular complexity index is 830. The Morgan fingerprint density at radius 3 is 2.89 bits per heavy atom. The van der Waals surface area contributed by atoms with Crippen molar-refractivity contribution in [3.05, 3.63) is 42.9 Å². The van der Waals surface area contributed by atoms with E-state index < -0.39 is 0 Å². The topological polar surface area (TPSA) is 72.3 Å². The molecule has 3 heterocycles. The smallest absolute Gasteiger partial charge is 0.200 e. The van der Waals surface area contributed by atoms with Crippen molar-refractivity contribution in [2.24, 2.45) is 0 Å². The third-order valence-electron chi connectivity index (χ3n) is 2.95. The van der Waals surface area contributed by atoms with Crippen molar-refractivity contribution in [3.63, 3.8) is 0 Å². The van der Waals surface area contributed by atoms with Gasteiger partial charge in [0.05, 0.1) is 5.52 Å². The maximum Gasteiger partial charge on any atom is 0.200 e. The van der Waals surface area contributed by atoms with E-state index in [1.54, 1.807) is 6.20 Å². The van der Waals surface area contributed by atoms with E-state index in [2.05, 4.69) is 31.4 Å². The summed E-state index contributed by atoms with van der Waals surface area (Å²) in [5, 5.41) is 13.9. The van der Waals surface area contributed by atoms with Crippen molar-refractivity contribution in [3.8, 4) is 5.82 Å². The lowest BCUT2D eigenvalue weighted by Crippen LogP contribution is -2.02. The minimum atomic E-state index is 0.654. The van der Waals surface area contributed by atoms with Crippen LogP contribution in [0.4, 0.5) is 0 Å². The first-order valence-corrected chi connectivity index (χ1v) is 5.52. The van der Waals surface area contributed by atoms with E-state index in [9.17, 15) is 0 Å². The van der Waals surface area contributed by atoms with Crippen molar-refractivity contribution in [1.82, 2.24) is 30.2 Å². The summed E-state index contributed by atoms with van der Waals surface area (Å²) in [6, 6.07) is 10.1. The molecule has 3 aromatic heterocycles. The molecule has 0 saturated carbocycles. The van der Waals surface area contributed by atoms with Gasteiger partial charge in [-0.15, -0.1) is 15.0 Å². The molecule has 4 aromatic rings. The van der Waals surface area contributed by atoms with Gasteiger partial charge in [0.15, 0.2) is 6.33 Å². The molecule has 18 heavy (non-hydrogen) atoms. The van der Waals surface area contributed by atoms with E-state index in [1.165, 1.54) is 11.1 Å². The third-order valence-corrected chi connectivity index (χ3v) is 2.95. The van der Waals surface area contributed by atoms with Gasteiger partial charge in [0.1, 0.15) is 0 Å². The van der Waals surface area contributed by atoms with Crippen molar-refractivity contribution in [2.45, 2.75) is 0 Å². The average molecular weight is 236 g/mol. The molecule has 1 N–H and O–H groups in total. The predicted octanol–water partition coefficient (Wildman–Crippen LogP) is 1.69. The third kappa shape index (κ3) is 1.17. The van der Waals surface area contributed by atoms with Crippen LogP contribution in [-0.2, 0) is 0 Å². The van der Waals surface area contributed by atoms with Crippen LogP contribution in [0.1, 0.15) is 0 Å². The fourth-order valence-electron chi connectivity index (χ4n) is 2.18. The Morgan fingerprint density at radius 1 is 1.06 bits per heavy atom. The van der Waals surface area contributed by atoms with Gasteiger partial charge in [-0.05, 0) is 17.3 Å². The minimum Gasteiger partial charge on any atom is -0.351 e. The molecule has 6 nitrogen and oxygen atoms in total. The summed E-state index contributed by atoms with van der Waals surface area (Å²) >= 11 is 0. The second-order valence-electron chi connectivity index (χ2n) is 3.95. The van der Waals surface area contributed by atoms with Crippen LogP contribution in [0, 0.1) is 0 Å². The molecule has 0 atom stereocenters. The summed E-state index contributed by atoms with van der Waals surface area (Å²) in [4.78, 5) is 9.07. The molecule has 0 radical (unpaired) electrons. The van der Waals surface area contributed by atoms with Crippen LogP contribution in [0.15, 0.2) is 42.9 Å². The van der Waals surface area contributed by atoms with Crippen LogP contribution in [-0.4, -0.2) is 30.2 Å². The molecular formula is C12H8N6. The van der Waals surface area contributed by atoms with E-state index in [0.717, 1.165) is 21.8 Å². The second-order valence-corrected chi connectivity index (χ2v) is 3.95. The van der Waals surface area contributed by atoms with Gasteiger partial charge >= 0.3 is 0 Å². The van der Waals surface area contributed by atoms with Crippen LogP contribution < -0.4 is 0 Å². The van der Waals surface area contributed by atoms with Crippen LogP contribution in [0.2, 0.25) is 0 Å². The first-order valence-electron chi connectivity index (χ1n) is 5.52. The number of para-hydroxylation sites is 1. The Kier molecular flexibility index (Phi) is 1.74. The molecular weight excluding hydrogens is 228 g/mol. The monoisotopic (exact) mass is 236 g/mol. The first-order chi connectivity index (χ1) is 8.93. The van der Waals surface area contributed by atoms with Gasteiger partial charge in [-0.3, -0.25) is 0 Å². The summed E-state index contributed by atoms with van der Waals surface area (Å²) in [6.07, 6.45) is 3.14. The Balaban J connectivity index is 2.17. The number of nitrogens with zero attached hydrogens (tertiary/aromatic N) is 5. The zero-order valence-corrected chi connectivity index (χ0v) is 9.28. The maximum atomic E-state index is 4.31. The number of H-pyrrole nitrogens is 1. The lowest BCUT2D eigenvalue weighted by Gasteiger charge is -1.98. The van der Waals surface area contributed by atoms with E-state index in [-0.39, 0.29) is 0 Å². The molecule has 0 aliphatic carbocycles. The molecule has 1 aromatic carbocycles. The maximum absolute atomic E-state index is 4.31. The molecule has 4 rings (SSSR count). The van der Waals surface area contributed by atoms with Crippen molar-refractivity contribution < 1.29 is 0 Å². The Morgan fingerprint density at radius 2 is 2.00 bits per heavy atom. The van der Waals surface area contributed by atoms with E-state index in [0.29, 0.717) is 5.82 Å². The zero-order valence-electron chi connectivity index (χ0n) is 9.28. The minimum absolute atomic E-state index is 0.654. The highest BCUT2D eigenvalue weighted by Gasteiger charge is 2.11. The first kappa shape index (κ1) is 9.29. The molecule has 6 heteroatoms. The standard InChI is InChI=1S/C12H8N6/c1-2-4-10-8(3-1)9-5-6-13-12(11(9)16-10)18-15-7-14-17-18/h1-7,16H. The van der Waals surface area contributed by atoms with Crippen molar-refractivity contribution in [1.29, 1.82) is 0 Å². The van der Waals surface area contributed by atoms with Gasteiger partial charge in [-0.2, -0.15) is 0 Å². The lowest BCUT2D eigenvalue weighted by atomic mass is 10.2. The van der Waals surface area contributed by atoms with E-state index in [4.69, 9.17) is 0 Å². The number of nitrogens with one attached hydrogen (secondary N) is 1. The van der Waals surface area contributed by atoms with Gasteiger partial charge in [-0.25, -0.2) is 4.98 Å². The average Bonchev–Trinajstić information content (AvgIpc) is 3.05. The molecule has 0 unspecified atom stereocenters. The van der Waals surface area contributed by atoms with E-state index in [1.807, 2.05) is 24.3 Å². The highest BCUT2D eigenvalue weighted by atomic mass is 15.6. The molecule has 0 aliphatic rings. The van der Waals surface area contributed by atoms with Crippen LogP contribution in [0.5, 0.6) is 0 Å². The number of aromatic nitrogens is 6. The van der Waals surface area contributed by atoms with Gasteiger partial charge < -0.3 is 4.98 Å². The van der Waals surface area contributed by atoms with Gasteiger partial charge in [0.25, 0.3) is 0 Å². The number of benzene rings is 1. The SMILES string of the molecule is c1ccc2c(c1)[nH]c1c(-n3ncnn3)nccc12. The molecule has 0 bridgehead atoms. The lowest BCUT2D eigenvalue weighted by molar-refractivity contribution is 0.705. The predicted molar refractivity (Wildman–Crippen MR) is 66.3 cm³/mol. The molecule has 0 spiro atoms. The highest BCUT2D eigenvalue weighted by molar-refractivity contribution is 6.08. The van der Waals surface area contributed by atoms with Gasteiger partial charge in [0.2, 0.25) is 5.82 Å². The van der Waals surface area contributed by atoms with Crippen molar-refractivity contribution in [2.75, 3.05) is 0 Å². The summed E-state index contributed by atoms with van der Waals surface area (Å²) in [5.41, 5.74) is 1.98. The summed E-state index contributed by atoms with van der Waals surface area (Å²) in [7, 11) is 0. The number of pyridine rings is 1. The summed E-state index contributed by atoms with van der Waals surface area (Å²) < 4.78 is 0. The normalized spacial score (nSPS) is 11.3. The number of hydrogen-bond donors (Lipinski definition) is 1. The van der Waals surface area contributed by atoms with E-state index >= 15 is 0 Å². The number of fused-ring (bicyclic) bond motifs is 3. The highest BCUT2D eigenvalue weighted by Crippen LogP contribution is 2.27.